The van der Waals surface area contributed by atoms with Crippen LogP contribution in [0.4, 0.5) is 0 Å². The molecule has 100 valence electrons. The fourth-order valence-corrected chi connectivity index (χ4v) is 2.35. The van der Waals surface area contributed by atoms with Crippen molar-refractivity contribution >= 4 is 0 Å². The molecule has 1 saturated carbocycles. The first kappa shape index (κ1) is 13.2. The molecule has 0 aliphatic heterocycles. The number of aliphatic hydroxyl groups is 1. The lowest BCUT2D eigenvalue weighted by molar-refractivity contribution is 0.161. The number of hydrogen-bond acceptors (Lipinski definition) is 4. The number of para-hydroxylation sites is 2. The van der Waals surface area contributed by atoms with Gasteiger partial charge >= 0.3 is 0 Å². The van der Waals surface area contributed by atoms with Crippen molar-refractivity contribution in [1.29, 1.82) is 0 Å². The third kappa shape index (κ3) is 2.94. The van der Waals surface area contributed by atoms with Crippen LogP contribution < -0.4 is 15.2 Å². The number of benzene rings is 1. The minimum atomic E-state index is -0.481. The SMILES string of the molecule is CCOc1ccccc1OC1CCC(N)(CO)C1. The van der Waals surface area contributed by atoms with Gasteiger partial charge in [0.15, 0.2) is 11.5 Å². The number of hydrogen-bond donors (Lipinski definition) is 2. The first-order valence-electron chi connectivity index (χ1n) is 6.45. The maximum Gasteiger partial charge on any atom is 0.161 e. The van der Waals surface area contributed by atoms with Crippen LogP contribution in [0.2, 0.25) is 0 Å². The van der Waals surface area contributed by atoms with E-state index >= 15 is 0 Å². The summed E-state index contributed by atoms with van der Waals surface area (Å²) >= 11 is 0. The molecule has 0 aromatic heterocycles. The van der Waals surface area contributed by atoms with E-state index in [0.29, 0.717) is 13.0 Å². The van der Waals surface area contributed by atoms with E-state index in [0.717, 1.165) is 24.3 Å². The second-order valence-electron chi connectivity index (χ2n) is 4.88. The van der Waals surface area contributed by atoms with E-state index in [1.54, 1.807) is 0 Å². The van der Waals surface area contributed by atoms with E-state index in [-0.39, 0.29) is 12.7 Å². The monoisotopic (exact) mass is 251 g/mol. The fraction of sp³-hybridized carbons (Fsp3) is 0.571. The largest absolute Gasteiger partial charge is 0.490 e. The minimum absolute atomic E-state index is 0.0139. The molecule has 1 aliphatic rings. The van der Waals surface area contributed by atoms with Crippen LogP contribution in [0.25, 0.3) is 0 Å². The van der Waals surface area contributed by atoms with Crippen LogP contribution in [0, 0.1) is 0 Å². The molecule has 4 nitrogen and oxygen atoms in total. The van der Waals surface area contributed by atoms with Crippen molar-refractivity contribution in [3.05, 3.63) is 24.3 Å². The minimum Gasteiger partial charge on any atom is -0.490 e. The van der Waals surface area contributed by atoms with Gasteiger partial charge < -0.3 is 20.3 Å². The molecule has 2 rings (SSSR count). The maximum atomic E-state index is 9.24. The molecule has 0 radical (unpaired) electrons. The normalized spacial score (nSPS) is 27.2. The molecule has 3 N–H and O–H groups in total. The van der Waals surface area contributed by atoms with Crippen molar-refractivity contribution in [3.63, 3.8) is 0 Å². The smallest absolute Gasteiger partial charge is 0.161 e. The molecule has 18 heavy (non-hydrogen) atoms. The van der Waals surface area contributed by atoms with E-state index in [4.69, 9.17) is 15.2 Å². The number of nitrogens with two attached hydrogens (primary N) is 1. The highest BCUT2D eigenvalue weighted by molar-refractivity contribution is 5.39. The molecule has 1 aromatic rings. The molecule has 0 spiro atoms. The van der Waals surface area contributed by atoms with Crippen molar-refractivity contribution in [2.45, 2.75) is 37.8 Å². The van der Waals surface area contributed by atoms with Crippen LogP contribution in [-0.2, 0) is 0 Å². The molecule has 2 unspecified atom stereocenters. The summed E-state index contributed by atoms with van der Waals surface area (Å²) in [5, 5.41) is 9.24. The number of ether oxygens (including phenoxy) is 2. The van der Waals surface area contributed by atoms with E-state index in [1.165, 1.54) is 0 Å². The molecular formula is C14H21NO3. The van der Waals surface area contributed by atoms with Gasteiger partial charge in [-0.15, -0.1) is 0 Å². The molecule has 1 aromatic carbocycles. The van der Waals surface area contributed by atoms with E-state index in [9.17, 15) is 5.11 Å². The summed E-state index contributed by atoms with van der Waals surface area (Å²) in [4.78, 5) is 0. The van der Waals surface area contributed by atoms with Gasteiger partial charge in [-0.2, -0.15) is 0 Å². The topological polar surface area (TPSA) is 64.7 Å². The van der Waals surface area contributed by atoms with Crippen LogP contribution in [0.15, 0.2) is 24.3 Å². The highest BCUT2D eigenvalue weighted by atomic mass is 16.5. The van der Waals surface area contributed by atoms with Gasteiger partial charge in [-0.3, -0.25) is 0 Å². The number of rotatable bonds is 5. The van der Waals surface area contributed by atoms with Gasteiger partial charge in [0.05, 0.1) is 13.2 Å². The van der Waals surface area contributed by atoms with E-state index in [1.807, 2.05) is 31.2 Å². The maximum absolute atomic E-state index is 9.24. The van der Waals surface area contributed by atoms with Crippen LogP contribution in [0.5, 0.6) is 11.5 Å². The summed E-state index contributed by atoms with van der Waals surface area (Å²) in [5.41, 5.74) is 5.56. The molecule has 0 amide bonds. The quantitative estimate of drug-likeness (QED) is 0.836. The van der Waals surface area contributed by atoms with Crippen LogP contribution in [0.1, 0.15) is 26.2 Å². The Kier molecular flexibility index (Phi) is 4.09. The van der Waals surface area contributed by atoms with E-state index < -0.39 is 5.54 Å². The Bertz CT molecular complexity index is 396. The molecule has 0 heterocycles. The Labute approximate surface area is 108 Å². The standard InChI is InChI=1S/C14H21NO3/c1-2-17-12-5-3-4-6-13(12)18-11-7-8-14(15,9-11)10-16/h3-6,11,16H,2,7-10,15H2,1H3. The van der Waals surface area contributed by atoms with Crippen molar-refractivity contribution in [2.75, 3.05) is 13.2 Å². The summed E-state index contributed by atoms with van der Waals surface area (Å²) in [6, 6.07) is 7.65. The highest BCUT2D eigenvalue weighted by Crippen LogP contribution is 2.34. The summed E-state index contributed by atoms with van der Waals surface area (Å²) in [6.07, 6.45) is 2.41. The summed E-state index contributed by atoms with van der Waals surface area (Å²) < 4.78 is 11.5. The van der Waals surface area contributed by atoms with Crippen molar-refractivity contribution in [2.24, 2.45) is 5.73 Å². The van der Waals surface area contributed by atoms with Crippen LogP contribution in [0.3, 0.4) is 0 Å². The Morgan fingerprint density at radius 1 is 1.39 bits per heavy atom. The summed E-state index contributed by atoms with van der Waals surface area (Å²) in [7, 11) is 0. The first-order chi connectivity index (χ1) is 8.67. The lowest BCUT2D eigenvalue weighted by Crippen LogP contribution is -2.41. The van der Waals surface area contributed by atoms with Gasteiger partial charge in [0.25, 0.3) is 0 Å². The zero-order valence-corrected chi connectivity index (χ0v) is 10.8. The van der Waals surface area contributed by atoms with Crippen LogP contribution >= 0.6 is 0 Å². The van der Waals surface area contributed by atoms with Gasteiger partial charge in [-0.1, -0.05) is 12.1 Å². The Morgan fingerprint density at radius 3 is 2.72 bits per heavy atom. The second kappa shape index (κ2) is 5.59. The third-order valence-electron chi connectivity index (χ3n) is 3.36. The summed E-state index contributed by atoms with van der Waals surface area (Å²) in [6.45, 7) is 2.57. The van der Waals surface area contributed by atoms with Gasteiger partial charge in [0.1, 0.15) is 6.10 Å². The predicted octanol–water partition coefficient (Wildman–Crippen LogP) is 1.71. The third-order valence-corrected chi connectivity index (χ3v) is 3.36. The highest BCUT2D eigenvalue weighted by Gasteiger charge is 2.36. The fourth-order valence-electron chi connectivity index (χ4n) is 2.35. The van der Waals surface area contributed by atoms with Crippen LogP contribution in [-0.4, -0.2) is 30.0 Å². The lowest BCUT2D eigenvalue weighted by Gasteiger charge is -2.21. The van der Waals surface area contributed by atoms with Gasteiger partial charge in [0, 0.05) is 12.0 Å². The average molecular weight is 251 g/mol. The molecular weight excluding hydrogens is 230 g/mol. The van der Waals surface area contributed by atoms with Crippen molar-refractivity contribution in [1.82, 2.24) is 0 Å². The summed E-state index contributed by atoms with van der Waals surface area (Å²) in [5.74, 6) is 1.52. The molecule has 0 saturated heterocycles. The molecule has 4 heteroatoms. The second-order valence-corrected chi connectivity index (χ2v) is 4.88. The van der Waals surface area contributed by atoms with Gasteiger partial charge in [-0.25, -0.2) is 0 Å². The predicted molar refractivity (Wildman–Crippen MR) is 69.9 cm³/mol. The lowest BCUT2D eigenvalue weighted by atomic mass is 10.0. The average Bonchev–Trinajstić information content (AvgIpc) is 2.75. The van der Waals surface area contributed by atoms with Gasteiger partial charge in [-0.05, 0) is 31.9 Å². The molecule has 1 aliphatic carbocycles. The Balaban J connectivity index is 2.02. The zero-order valence-electron chi connectivity index (χ0n) is 10.8. The zero-order chi connectivity index (χ0) is 13.0. The molecule has 1 fully saturated rings. The molecule has 0 bridgehead atoms. The van der Waals surface area contributed by atoms with E-state index in [2.05, 4.69) is 0 Å². The Morgan fingerprint density at radius 2 is 2.11 bits per heavy atom. The number of aliphatic hydroxyl groups excluding tert-OH is 1. The van der Waals surface area contributed by atoms with Gasteiger partial charge in [0.2, 0.25) is 0 Å². The van der Waals surface area contributed by atoms with Crippen molar-refractivity contribution in [3.8, 4) is 11.5 Å². The first-order valence-corrected chi connectivity index (χ1v) is 6.45. The molecule has 2 atom stereocenters. The van der Waals surface area contributed by atoms with Crippen molar-refractivity contribution < 1.29 is 14.6 Å². The Hall–Kier alpha value is -1.26.